The normalized spacial score (nSPS) is 14.8. The molecule has 1 amide bonds. The number of carbonyl (C=O) groups is 1. The maximum atomic E-state index is 13.2. The number of hydrogen-bond donors (Lipinski definition) is 1. The second-order valence-electron chi connectivity index (χ2n) is 7.61. The predicted octanol–water partition coefficient (Wildman–Crippen LogP) is 4.30. The molecule has 1 atom stereocenters. The molecule has 0 aliphatic carbocycles. The topological polar surface area (TPSA) is 82.5 Å². The third-order valence-electron chi connectivity index (χ3n) is 5.51. The quantitative estimate of drug-likeness (QED) is 0.577. The summed E-state index contributed by atoms with van der Waals surface area (Å²) in [7, 11) is -1.01. The SMILES string of the molecule is CCOc1ccc(C(=O)Nc2c3c(nn2-c2cccc(C)c2C)CS(=O)C3)cc1OCC. The maximum Gasteiger partial charge on any atom is 0.256 e. The van der Waals surface area contributed by atoms with Crippen molar-refractivity contribution in [1.82, 2.24) is 9.78 Å². The van der Waals surface area contributed by atoms with Crippen molar-refractivity contribution >= 4 is 22.5 Å². The lowest BCUT2D eigenvalue weighted by molar-refractivity contribution is 0.102. The highest BCUT2D eigenvalue weighted by Crippen LogP contribution is 2.34. The van der Waals surface area contributed by atoms with E-state index in [4.69, 9.17) is 14.6 Å². The Morgan fingerprint density at radius 1 is 1.09 bits per heavy atom. The van der Waals surface area contributed by atoms with Crippen LogP contribution in [0.25, 0.3) is 5.69 Å². The average Bonchev–Trinajstić information content (AvgIpc) is 3.28. The molecule has 7 nitrogen and oxygen atoms in total. The molecule has 1 unspecified atom stereocenters. The lowest BCUT2D eigenvalue weighted by Crippen LogP contribution is -2.17. The Bertz CT molecular complexity index is 1200. The summed E-state index contributed by atoms with van der Waals surface area (Å²) in [5.41, 5.74) is 5.13. The zero-order valence-corrected chi connectivity index (χ0v) is 19.5. The van der Waals surface area contributed by atoms with Crippen LogP contribution in [0.15, 0.2) is 36.4 Å². The van der Waals surface area contributed by atoms with E-state index in [-0.39, 0.29) is 5.91 Å². The number of rotatable bonds is 7. The number of fused-ring (bicyclic) bond motifs is 1. The number of amides is 1. The minimum atomic E-state index is -1.01. The van der Waals surface area contributed by atoms with E-state index in [1.807, 2.05) is 45.9 Å². The Morgan fingerprint density at radius 3 is 2.59 bits per heavy atom. The molecule has 3 aromatic rings. The first-order chi connectivity index (χ1) is 15.4. The molecule has 0 saturated heterocycles. The van der Waals surface area contributed by atoms with E-state index in [1.54, 1.807) is 22.9 Å². The molecule has 0 saturated carbocycles. The van der Waals surface area contributed by atoms with E-state index in [9.17, 15) is 9.00 Å². The molecule has 8 heteroatoms. The smallest absolute Gasteiger partial charge is 0.256 e. The molecule has 0 bridgehead atoms. The van der Waals surface area contributed by atoms with Crippen LogP contribution in [0.2, 0.25) is 0 Å². The van der Waals surface area contributed by atoms with Crippen LogP contribution in [-0.4, -0.2) is 33.1 Å². The Labute approximate surface area is 190 Å². The standard InChI is InChI=1S/C24H27N3O4S/c1-5-30-21-11-10-17(12-22(21)31-6-2)24(28)25-23-18-13-32(29)14-19(18)26-27(23)20-9-7-8-15(3)16(20)4/h7-12H,5-6,13-14H2,1-4H3,(H,25,28). The Hall–Kier alpha value is -3.13. The molecule has 0 spiro atoms. The van der Waals surface area contributed by atoms with Gasteiger partial charge in [-0.25, -0.2) is 4.68 Å². The fourth-order valence-corrected chi connectivity index (χ4v) is 5.03. The average molecular weight is 454 g/mol. The van der Waals surface area contributed by atoms with Gasteiger partial charge < -0.3 is 14.8 Å². The van der Waals surface area contributed by atoms with Gasteiger partial charge in [0.25, 0.3) is 5.91 Å². The van der Waals surface area contributed by atoms with Gasteiger partial charge in [0.15, 0.2) is 11.5 Å². The van der Waals surface area contributed by atoms with Gasteiger partial charge in [0.2, 0.25) is 0 Å². The molecular weight excluding hydrogens is 426 g/mol. The molecule has 168 valence electrons. The zero-order valence-electron chi connectivity index (χ0n) is 18.7. The Kier molecular flexibility index (Phi) is 6.32. The van der Waals surface area contributed by atoms with Crippen LogP contribution in [0.1, 0.15) is 46.6 Å². The van der Waals surface area contributed by atoms with Gasteiger partial charge in [0.05, 0.1) is 36.1 Å². The molecular formula is C24H27N3O4S. The van der Waals surface area contributed by atoms with Crippen LogP contribution in [0.4, 0.5) is 5.82 Å². The maximum absolute atomic E-state index is 13.2. The summed E-state index contributed by atoms with van der Waals surface area (Å²) >= 11 is 0. The summed E-state index contributed by atoms with van der Waals surface area (Å²) in [5, 5.41) is 7.73. The first kappa shape index (κ1) is 22.1. The molecule has 1 aliphatic heterocycles. The third kappa shape index (κ3) is 4.14. The lowest BCUT2D eigenvalue weighted by atomic mass is 10.1. The number of nitrogens with one attached hydrogen (secondary N) is 1. The number of anilines is 1. The molecule has 1 aliphatic rings. The summed E-state index contributed by atoms with van der Waals surface area (Å²) < 4.78 is 25.2. The highest BCUT2D eigenvalue weighted by molar-refractivity contribution is 7.83. The highest BCUT2D eigenvalue weighted by atomic mass is 32.2. The van der Waals surface area contributed by atoms with Crippen LogP contribution in [0.3, 0.4) is 0 Å². The van der Waals surface area contributed by atoms with E-state index < -0.39 is 10.8 Å². The van der Waals surface area contributed by atoms with E-state index >= 15 is 0 Å². The van der Waals surface area contributed by atoms with Crippen molar-refractivity contribution in [3.63, 3.8) is 0 Å². The van der Waals surface area contributed by atoms with Crippen LogP contribution in [-0.2, 0) is 22.3 Å². The Balaban J connectivity index is 1.73. The van der Waals surface area contributed by atoms with E-state index in [0.29, 0.717) is 47.6 Å². The first-order valence-corrected chi connectivity index (χ1v) is 12.1. The minimum Gasteiger partial charge on any atom is -0.490 e. The summed E-state index contributed by atoms with van der Waals surface area (Å²) in [6, 6.07) is 11.1. The fraction of sp³-hybridized carbons (Fsp3) is 0.333. The summed E-state index contributed by atoms with van der Waals surface area (Å²) in [5.74, 6) is 2.17. The van der Waals surface area contributed by atoms with E-state index in [2.05, 4.69) is 5.32 Å². The van der Waals surface area contributed by atoms with Crippen molar-refractivity contribution in [3.8, 4) is 17.2 Å². The number of nitrogens with zero attached hydrogens (tertiary/aromatic N) is 2. The summed E-state index contributed by atoms with van der Waals surface area (Å²) in [4.78, 5) is 13.2. The highest BCUT2D eigenvalue weighted by Gasteiger charge is 2.29. The number of aromatic nitrogens is 2. The first-order valence-electron chi connectivity index (χ1n) is 10.7. The predicted molar refractivity (Wildman–Crippen MR) is 125 cm³/mol. The third-order valence-corrected chi connectivity index (χ3v) is 6.72. The van der Waals surface area contributed by atoms with Crippen LogP contribution in [0, 0.1) is 13.8 Å². The van der Waals surface area contributed by atoms with E-state index in [0.717, 1.165) is 28.1 Å². The van der Waals surface area contributed by atoms with Gasteiger partial charge >= 0.3 is 0 Å². The molecule has 0 radical (unpaired) electrons. The molecule has 1 aromatic heterocycles. The van der Waals surface area contributed by atoms with Gasteiger partial charge in [-0.2, -0.15) is 5.10 Å². The molecule has 2 aromatic carbocycles. The van der Waals surface area contributed by atoms with Crippen molar-refractivity contribution in [2.45, 2.75) is 39.2 Å². The van der Waals surface area contributed by atoms with Gasteiger partial charge in [-0.15, -0.1) is 0 Å². The van der Waals surface area contributed by atoms with Gasteiger partial charge in [0, 0.05) is 21.9 Å². The van der Waals surface area contributed by atoms with Crippen molar-refractivity contribution in [3.05, 3.63) is 64.3 Å². The number of hydrogen-bond acceptors (Lipinski definition) is 5. The van der Waals surface area contributed by atoms with Crippen LogP contribution < -0.4 is 14.8 Å². The van der Waals surface area contributed by atoms with Crippen LogP contribution >= 0.6 is 0 Å². The molecule has 2 heterocycles. The molecule has 1 N–H and O–H groups in total. The minimum absolute atomic E-state index is 0.291. The van der Waals surface area contributed by atoms with Gasteiger partial charge in [0.1, 0.15) is 5.82 Å². The van der Waals surface area contributed by atoms with Crippen molar-refractivity contribution in [2.24, 2.45) is 0 Å². The molecule has 0 fully saturated rings. The van der Waals surface area contributed by atoms with Crippen molar-refractivity contribution in [2.75, 3.05) is 18.5 Å². The summed E-state index contributed by atoms with van der Waals surface area (Å²) in [6.07, 6.45) is 0. The zero-order chi connectivity index (χ0) is 22.8. The van der Waals surface area contributed by atoms with Crippen molar-refractivity contribution < 1.29 is 18.5 Å². The lowest BCUT2D eigenvalue weighted by Gasteiger charge is -2.15. The second kappa shape index (κ2) is 9.16. The molecule has 32 heavy (non-hydrogen) atoms. The number of carbonyl (C=O) groups excluding carboxylic acids is 1. The van der Waals surface area contributed by atoms with Gasteiger partial charge in [-0.1, -0.05) is 12.1 Å². The number of benzene rings is 2. The van der Waals surface area contributed by atoms with Gasteiger partial charge in [-0.05, 0) is 63.1 Å². The van der Waals surface area contributed by atoms with Crippen LogP contribution in [0.5, 0.6) is 11.5 Å². The van der Waals surface area contributed by atoms with Gasteiger partial charge in [-0.3, -0.25) is 9.00 Å². The van der Waals surface area contributed by atoms with E-state index in [1.165, 1.54) is 0 Å². The monoisotopic (exact) mass is 453 g/mol. The van der Waals surface area contributed by atoms with Crippen molar-refractivity contribution in [1.29, 1.82) is 0 Å². The number of aryl methyl sites for hydroxylation is 1. The molecule has 4 rings (SSSR count). The Morgan fingerprint density at radius 2 is 1.84 bits per heavy atom. The number of ether oxygens (including phenoxy) is 2. The largest absolute Gasteiger partial charge is 0.490 e. The fourth-order valence-electron chi connectivity index (χ4n) is 3.77. The second-order valence-corrected chi connectivity index (χ2v) is 9.07. The summed E-state index contributed by atoms with van der Waals surface area (Å²) in [6.45, 7) is 8.82.